The van der Waals surface area contributed by atoms with Gasteiger partial charge in [-0.15, -0.1) is 0 Å². The number of nitrogens with one attached hydrogen (secondary N) is 1. The predicted octanol–water partition coefficient (Wildman–Crippen LogP) is 2.72. The van der Waals surface area contributed by atoms with E-state index in [1.54, 1.807) is 0 Å². The van der Waals surface area contributed by atoms with Gasteiger partial charge in [-0.05, 0) is 39.3 Å². The Kier molecular flexibility index (Phi) is 3.89. The average molecular weight is 236 g/mol. The normalized spacial score (nSPS) is 28.2. The van der Waals surface area contributed by atoms with Gasteiger partial charge in [0.05, 0.1) is 6.04 Å². The maximum absolute atomic E-state index is 5.75. The van der Waals surface area contributed by atoms with Crippen molar-refractivity contribution in [3.63, 3.8) is 0 Å². The van der Waals surface area contributed by atoms with Crippen LogP contribution in [0.5, 0.6) is 0 Å². The fraction of sp³-hybridized carbons (Fsp3) is 0.714. The van der Waals surface area contributed by atoms with Crippen LogP contribution in [0.4, 0.5) is 0 Å². The topological polar surface area (TPSA) is 28.4 Å². The standard InChI is InChI=1S/C14H24N2O/c1-5-13-9-16(10(2)8-15-13)12(4)14-7-6-11(3)17-14/h6-7,10,12-13,15H,5,8-9H2,1-4H3. The predicted molar refractivity (Wildman–Crippen MR) is 70.1 cm³/mol. The Balaban J connectivity index is 2.09. The molecule has 0 saturated carbocycles. The summed E-state index contributed by atoms with van der Waals surface area (Å²) < 4.78 is 5.75. The highest BCUT2D eigenvalue weighted by atomic mass is 16.3. The summed E-state index contributed by atoms with van der Waals surface area (Å²) in [5.41, 5.74) is 0. The summed E-state index contributed by atoms with van der Waals surface area (Å²) in [5.74, 6) is 2.09. The molecule has 1 aliphatic heterocycles. The Labute approximate surface area is 104 Å². The lowest BCUT2D eigenvalue weighted by atomic mass is 10.0. The molecule has 3 unspecified atom stereocenters. The van der Waals surface area contributed by atoms with Crippen molar-refractivity contribution in [2.45, 2.75) is 52.2 Å². The van der Waals surface area contributed by atoms with E-state index in [0.717, 1.165) is 24.6 Å². The van der Waals surface area contributed by atoms with Gasteiger partial charge >= 0.3 is 0 Å². The third-order valence-electron chi connectivity index (χ3n) is 3.86. The fourth-order valence-corrected chi connectivity index (χ4v) is 2.61. The quantitative estimate of drug-likeness (QED) is 0.874. The number of rotatable bonds is 3. The molecule has 0 amide bonds. The first-order chi connectivity index (χ1) is 8.11. The minimum Gasteiger partial charge on any atom is -0.465 e. The van der Waals surface area contributed by atoms with Gasteiger partial charge in [0, 0.05) is 25.2 Å². The molecule has 3 heteroatoms. The highest BCUT2D eigenvalue weighted by Gasteiger charge is 2.29. The zero-order valence-electron chi connectivity index (χ0n) is 11.4. The smallest absolute Gasteiger partial charge is 0.121 e. The first-order valence-electron chi connectivity index (χ1n) is 6.67. The van der Waals surface area contributed by atoms with Crippen LogP contribution in [0.15, 0.2) is 16.5 Å². The van der Waals surface area contributed by atoms with Gasteiger partial charge in [0.25, 0.3) is 0 Å². The van der Waals surface area contributed by atoms with Gasteiger partial charge in [-0.1, -0.05) is 6.92 Å². The minimum absolute atomic E-state index is 0.370. The molecule has 1 N–H and O–H groups in total. The van der Waals surface area contributed by atoms with Gasteiger partial charge < -0.3 is 9.73 Å². The number of hydrogen-bond acceptors (Lipinski definition) is 3. The summed E-state index contributed by atoms with van der Waals surface area (Å²) in [6.07, 6.45) is 1.19. The summed E-state index contributed by atoms with van der Waals surface area (Å²) in [7, 11) is 0. The molecule has 1 saturated heterocycles. The molecule has 1 aromatic heterocycles. The number of piperazine rings is 1. The molecule has 96 valence electrons. The van der Waals surface area contributed by atoms with Crippen LogP contribution in [0.3, 0.4) is 0 Å². The molecule has 0 radical (unpaired) electrons. The Bertz CT molecular complexity index is 361. The molecule has 3 atom stereocenters. The van der Waals surface area contributed by atoms with E-state index in [-0.39, 0.29) is 0 Å². The monoisotopic (exact) mass is 236 g/mol. The number of nitrogens with zero attached hydrogens (tertiary/aromatic N) is 1. The van der Waals surface area contributed by atoms with Crippen molar-refractivity contribution in [3.05, 3.63) is 23.7 Å². The van der Waals surface area contributed by atoms with E-state index >= 15 is 0 Å². The second kappa shape index (κ2) is 5.23. The molecule has 3 nitrogen and oxygen atoms in total. The average Bonchev–Trinajstić information content (AvgIpc) is 2.76. The number of aryl methyl sites for hydroxylation is 1. The Morgan fingerprint density at radius 3 is 2.88 bits per heavy atom. The lowest BCUT2D eigenvalue weighted by Gasteiger charge is -2.41. The maximum atomic E-state index is 5.75. The van der Waals surface area contributed by atoms with Crippen molar-refractivity contribution >= 4 is 0 Å². The summed E-state index contributed by atoms with van der Waals surface area (Å²) >= 11 is 0. The minimum atomic E-state index is 0.370. The second-order valence-electron chi connectivity index (χ2n) is 5.18. The molecular weight excluding hydrogens is 212 g/mol. The van der Waals surface area contributed by atoms with Gasteiger partial charge in [-0.3, -0.25) is 4.90 Å². The molecule has 0 aliphatic carbocycles. The van der Waals surface area contributed by atoms with E-state index < -0.39 is 0 Å². The van der Waals surface area contributed by atoms with Crippen LogP contribution in [0.2, 0.25) is 0 Å². The van der Waals surface area contributed by atoms with Crippen molar-refractivity contribution in [2.24, 2.45) is 0 Å². The van der Waals surface area contributed by atoms with Gasteiger partial charge in [0.2, 0.25) is 0 Å². The fourth-order valence-electron chi connectivity index (χ4n) is 2.61. The lowest BCUT2D eigenvalue weighted by molar-refractivity contribution is 0.0862. The van der Waals surface area contributed by atoms with E-state index in [4.69, 9.17) is 4.42 Å². The Morgan fingerprint density at radius 2 is 2.29 bits per heavy atom. The largest absolute Gasteiger partial charge is 0.465 e. The summed E-state index contributed by atoms with van der Waals surface area (Å²) in [4.78, 5) is 2.54. The van der Waals surface area contributed by atoms with E-state index in [9.17, 15) is 0 Å². The molecule has 0 spiro atoms. The van der Waals surface area contributed by atoms with Crippen molar-refractivity contribution in [1.82, 2.24) is 10.2 Å². The van der Waals surface area contributed by atoms with Crippen molar-refractivity contribution in [2.75, 3.05) is 13.1 Å². The molecule has 0 aromatic carbocycles. The molecule has 2 rings (SSSR count). The van der Waals surface area contributed by atoms with Gasteiger partial charge in [-0.2, -0.15) is 0 Å². The van der Waals surface area contributed by atoms with Crippen LogP contribution in [0, 0.1) is 6.92 Å². The van der Waals surface area contributed by atoms with E-state index in [1.165, 1.54) is 6.42 Å². The van der Waals surface area contributed by atoms with E-state index in [1.807, 2.05) is 6.92 Å². The van der Waals surface area contributed by atoms with Crippen molar-refractivity contribution < 1.29 is 4.42 Å². The van der Waals surface area contributed by atoms with E-state index in [0.29, 0.717) is 18.1 Å². The summed E-state index contributed by atoms with van der Waals surface area (Å²) in [6.45, 7) is 11.0. The van der Waals surface area contributed by atoms with Gasteiger partial charge in [0.15, 0.2) is 0 Å². The zero-order valence-corrected chi connectivity index (χ0v) is 11.4. The van der Waals surface area contributed by atoms with E-state index in [2.05, 4.69) is 43.1 Å². The maximum Gasteiger partial charge on any atom is 0.121 e. The third-order valence-corrected chi connectivity index (χ3v) is 3.86. The molecular formula is C14H24N2O. The molecule has 1 aliphatic rings. The van der Waals surface area contributed by atoms with Crippen LogP contribution in [-0.2, 0) is 0 Å². The molecule has 1 aromatic rings. The molecule has 0 bridgehead atoms. The molecule has 2 heterocycles. The summed E-state index contributed by atoms with van der Waals surface area (Å²) in [6, 6.07) is 5.71. The summed E-state index contributed by atoms with van der Waals surface area (Å²) in [5, 5.41) is 3.59. The van der Waals surface area contributed by atoms with Gasteiger partial charge in [0.1, 0.15) is 11.5 Å². The van der Waals surface area contributed by atoms with Crippen LogP contribution in [0.1, 0.15) is 44.8 Å². The third kappa shape index (κ3) is 2.72. The molecule has 1 fully saturated rings. The second-order valence-corrected chi connectivity index (χ2v) is 5.18. The van der Waals surface area contributed by atoms with Crippen LogP contribution < -0.4 is 5.32 Å². The SMILES string of the molecule is CCC1CN(C(C)c2ccc(C)o2)C(C)CN1. The van der Waals surface area contributed by atoms with Crippen molar-refractivity contribution in [3.8, 4) is 0 Å². The number of furan rings is 1. The highest BCUT2D eigenvalue weighted by Crippen LogP contribution is 2.26. The van der Waals surface area contributed by atoms with Crippen LogP contribution >= 0.6 is 0 Å². The van der Waals surface area contributed by atoms with Gasteiger partial charge in [-0.25, -0.2) is 0 Å². The lowest BCUT2D eigenvalue weighted by Crippen LogP contribution is -2.55. The first kappa shape index (κ1) is 12.7. The first-order valence-corrected chi connectivity index (χ1v) is 6.67. The Morgan fingerprint density at radius 1 is 1.53 bits per heavy atom. The number of hydrogen-bond donors (Lipinski definition) is 1. The molecule has 17 heavy (non-hydrogen) atoms. The zero-order chi connectivity index (χ0) is 12.4. The Hall–Kier alpha value is -0.800. The highest BCUT2D eigenvalue weighted by molar-refractivity contribution is 5.10. The van der Waals surface area contributed by atoms with Crippen molar-refractivity contribution in [1.29, 1.82) is 0 Å². The van der Waals surface area contributed by atoms with Crippen LogP contribution in [-0.4, -0.2) is 30.1 Å². The van der Waals surface area contributed by atoms with Crippen LogP contribution in [0.25, 0.3) is 0 Å².